The zero-order valence-electron chi connectivity index (χ0n) is 18.0. The molecule has 3 heterocycles. The van der Waals surface area contributed by atoms with Crippen molar-refractivity contribution >= 4 is 21.7 Å². The van der Waals surface area contributed by atoms with Gasteiger partial charge in [0.05, 0.1) is 24.9 Å². The van der Waals surface area contributed by atoms with E-state index in [0.717, 1.165) is 24.6 Å². The highest BCUT2D eigenvalue weighted by molar-refractivity contribution is 7.90. The SMILES string of the molecule is CS(=O)(=O)CC[C@@H]1COC2Cn3cc(C(=O)NCc4ccc(F)cc4F)c(=O)c(O)c3C(=O)N21. The van der Waals surface area contributed by atoms with E-state index in [1.54, 1.807) is 0 Å². The van der Waals surface area contributed by atoms with E-state index in [0.29, 0.717) is 6.07 Å². The molecule has 2 N–H and O–H groups in total. The number of halogens is 2. The number of pyridine rings is 1. The Kier molecular flexibility index (Phi) is 6.16. The van der Waals surface area contributed by atoms with Crippen molar-refractivity contribution in [3.63, 3.8) is 0 Å². The quantitative estimate of drug-likeness (QED) is 0.589. The molecule has 0 saturated carbocycles. The van der Waals surface area contributed by atoms with Crippen LogP contribution in [0.1, 0.15) is 32.8 Å². The van der Waals surface area contributed by atoms with Crippen LogP contribution in [0.15, 0.2) is 29.2 Å². The van der Waals surface area contributed by atoms with E-state index in [1.165, 1.54) is 9.47 Å². The normalized spacial score (nSPS) is 19.6. The summed E-state index contributed by atoms with van der Waals surface area (Å²) in [4.78, 5) is 39.6. The van der Waals surface area contributed by atoms with Gasteiger partial charge in [0.15, 0.2) is 17.7 Å². The number of carbonyl (C=O) groups excluding carboxylic acids is 2. The first-order valence-corrected chi connectivity index (χ1v) is 12.3. The molecule has 1 aromatic heterocycles. The van der Waals surface area contributed by atoms with Gasteiger partial charge in [0, 0.05) is 30.6 Å². The summed E-state index contributed by atoms with van der Waals surface area (Å²) < 4.78 is 56.7. The maximum absolute atomic E-state index is 13.8. The molecule has 1 aromatic carbocycles. The Morgan fingerprint density at radius 2 is 2.03 bits per heavy atom. The highest BCUT2D eigenvalue weighted by Gasteiger charge is 2.44. The smallest absolute Gasteiger partial charge is 0.276 e. The number of fused-ring (bicyclic) bond motifs is 2. The highest BCUT2D eigenvalue weighted by Crippen LogP contribution is 2.31. The third-order valence-electron chi connectivity index (χ3n) is 5.75. The molecule has 2 aliphatic rings. The predicted octanol–water partition coefficient (Wildman–Crippen LogP) is 0.378. The monoisotopic (exact) mass is 497 g/mol. The molecular formula is C21H21F2N3O7S. The average molecular weight is 497 g/mol. The van der Waals surface area contributed by atoms with Crippen molar-refractivity contribution in [3.05, 3.63) is 63.1 Å². The van der Waals surface area contributed by atoms with Crippen LogP contribution in [-0.4, -0.2) is 65.7 Å². The lowest BCUT2D eigenvalue weighted by Crippen LogP contribution is -2.50. The van der Waals surface area contributed by atoms with Crippen LogP contribution < -0.4 is 10.7 Å². The Labute approximate surface area is 192 Å². The summed E-state index contributed by atoms with van der Waals surface area (Å²) in [5.41, 5.74) is -1.92. The molecule has 2 amide bonds. The number of aromatic nitrogens is 1. The first-order chi connectivity index (χ1) is 16.0. The number of carbonyl (C=O) groups is 2. The second-order valence-corrected chi connectivity index (χ2v) is 10.5. The molecule has 10 nitrogen and oxygen atoms in total. The molecule has 1 unspecified atom stereocenters. The molecule has 2 aromatic rings. The molecule has 0 aliphatic carbocycles. The molecule has 2 atom stereocenters. The predicted molar refractivity (Wildman–Crippen MR) is 114 cm³/mol. The van der Waals surface area contributed by atoms with Crippen molar-refractivity contribution in [3.8, 4) is 5.75 Å². The number of nitrogens with one attached hydrogen (secondary N) is 1. The number of benzene rings is 1. The van der Waals surface area contributed by atoms with Gasteiger partial charge in [0.25, 0.3) is 11.8 Å². The molecule has 182 valence electrons. The number of sulfone groups is 1. The molecule has 4 rings (SSSR count). The molecule has 2 aliphatic heterocycles. The van der Waals surface area contributed by atoms with Gasteiger partial charge < -0.3 is 24.6 Å². The van der Waals surface area contributed by atoms with Gasteiger partial charge in [-0.2, -0.15) is 0 Å². The number of hydrogen-bond donors (Lipinski definition) is 2. The van der Waals surface area contributed by atoms with Gasteiger partial charge in [-0.25, -0.2) is 17.2 Å². The van der Waals surface area contributed by atoms with E-state index in [2.05, 4.69) is 5.32 Å². The Bertz CT molecular complexity index is 1340. The summed E-state index contributed by atoms with van der Waals surface area (Å²) in [6, 6.07) is 2.27. The average Bonchev–Trinajstić information content (AvgIpc) is 3.16. The molecule has 1 saturated heterocycles. The van der Waals surface area contributed by atoms with Crippen LogP contribution in [0.5, 0.6) is 5.75 Å². The minimum Gasteiger partial charge on any atom is -0.503 e. The van der Waals surface area contributed by atoms with Gasteiger partial charge in [-0.1, -0.05) is 6.07 Å². The fourth-order valence-corrected chi connectivity index (χ4v) is 4.73. The van der Waals surface area contributed by atoms with Crippen molar-refractivity contribution < 1.29 is 36.6 Å². The largest absolute Gasteiger partial charge is 0.503 e. The van der Waals surface area contributed by atoms with Crippen LogP contribution in [0, 0.1) is 11.6 Å². The number of rotatable bonds is 6. The first-order valence-electron chi connectivity index (χ1n) is 10.3. The van der Waals surface area contributed by atoms with E-state index in [-0.39, 0.29) is 43.1 Å². The molecule has 0 bridgehead atoms. The maximum atomic E-state index is 13.8. The number of ether oxygens (including phenoxy) is 1. The second-order valence-electron chi connectivity index (χ2n) is 8.21. The fraction of sp³-hybridized carbons (Fsp3) is 0.381. The molecule has 0 radical (unpaired) electrons. The van der Waals surface area contributed by atoms with E-state index in [9.17, 15) is 36.7 Å². The molecule has 1 fully saturated rings. The zero-order valence-corrected chi connectivity index (χ0v) is 18.8. The molecule has 34 heavy (non-hydrogen) atoms. The Morgan fingerprint density at radius 3 is 2.71 bits per heavy atom. The number of hydrogen-bond acceptors (Lipinski definition) is 7. The van der Waals surface area contributed by atoms with Gasteiger partial charge in [-0.05, 0) is 12.5 Å². The Hall–Kier alpha value is -3.32. The van der Waals surface area contributed by atoms with E-state index in [4.69, 9.17) is 4.74 Å². The minimum atomic E-state index is -3.27. The van der Waals surface area contributed by atoms with E-state index in [1.807, 2.05) is 0 Å². The van der Waals surface area contributed by atoms with Gasteiger partial charge in [0.1, 0.15) is 27.0 Å². The maximum Gasteiger partial charge on any atom is 0.276 e. The number of nitrogens with zero attached hydrogens (tertiary/aromatic N) is 2. The van der Waals surface area contributed by atoms with Crippen molar-refractivity contribution in [2.24, 2.45) is 0 Å². The van der Waals surface area contributed by atoms with Crippen LogP contribution >= 0.6 is 0 Å². The first kappa shape index (κ1) is 23.8. The third-order valence-corrected chi connectivity index (χ3v) is 6.73. The standard InChI is InChI=1S/C21H21F2N3O7S/c1-34(31,32)5-4-13-10-33-16-9-25-8-14(18(27)19(28)17(25)21(30)26(13)16)20(29)24-7-11-2-3-12(22)6-15(11)23/h2-3,6,8,13,16,28H,4-5,7,9-10H2,1H3,(H,24,29)/t13-,16?/m1/s1. The summed E-state index contributed by atoms with van der Waals surface area (Å²) >= 11 is 0. The van der Waals surface area contributed by atoms with Gasteiger partial charge in [0.2, 0.25) is 5.43 Å². The zero-order chi connectivity index (χ0) is 24.8. The van der Waals surface area contributed by atoms with E-state index >= 15 is 0 Å². The molecule has 0 spiro atoms. The Balaban J connectivity index is 1.57. The second kappa shape index (κ2) is 8.80. The van der Waals surface area contributed by atoms with Crippen LogP contribution in [0.4, 0.5) is 8.78 Å². The molecular weight excluding hydrogens is 476 g/mol. The van der Waals surface area contributed by atoms with Crippen LogP contribution in [-0.2, 0) is 27.7 Å². The van der Waals surface area contributed by atoms with E-state index < -0.39 is 62.3 Å². The highest BCUT2D eigenvalue weighted by atomic mass is 32.2. The lowest BCUT2D eigenvalue weighted by atomic mass is 10.1. The summed E-state index contributed by atoms with van der Waals surface area (Å²) in [6.45, 7) is -0.257. The van der Waals surface area contributed by atoms with Gasteiger partial charge in [-0.3, -0.25) is 14.4 Å². The van der Waals surface area contributed by atoms with Gasteiger partial charge in [-0.15, -0.1) is 0 Å². The van der Waals surface area contributed by atoms with Crippen molar-refractivity contribution in [2.75, 3.05) is 18.6 Å². The van der Waals surface area contributed by atoms with Crippen molar-refractivity contribution in [1.82, 2.24) is 14.8 Å². The lowest BCUT2D eigenvalue weighted by molar-refractivity contribution is 0.00565. The van der Waals surface area contributed by atoms with Crippen LogP contribution in [0.3, 0.4) is 0 Å². The van der Waals surface area contributed by atoms with Crippen LogP contribution in [0.25, 0.3) is 0 Å². The Morgan fingerprint density at radius 1 is 1.29 bits per heavy atom. The summed E-state index contributed by atoms with van der Waals surface area (Å²) in [5.74, 6) is -4.39. The molecule has 13 heteroatoms. The van der Waals surface area contributed by atoms with Gasteiger partial charge >= 0.3 is 0 Å². The minimum absolute atomic E-state index is 0.00282. The lowest BCUT2D eigenvalue weighted by Gasteiger charge is -2.34. The number of amides is 2. The topological polar surface area (TPSA) is 135 Å². The van der Waals surface area contributed by atoms with Crippen molar-refractivity contribution in [2.45, 2.75) is 31.8 Å². The number of aromatic hydroxyl groups is 1. The summed E-state index contributed by atoms with van der Waals surface area (Å²) in [6.07, 6.45) is 1.55. The summed E-state index contributed by atoms with van der Waals surface area (Å²) in [5, 5.41) is 12.8. The van der Waals surface area contributed by atoms with Crippen molar-refractivity contribution in [1.29, 1.82) is 0 Å². The summed E-state index contributed by atoms with van der Waals surface area (Å²) in [7, 11) is -3.27. The fourth-order valence-electron chi connectivity index (χ4n) is 4.03. The van der Waals surface area contributed by atoms with Crippen LogP contribution in [0.2, 0.25) is 0 Å². The third kappa shape index (κ3) is 4.53.